The number of hydrogen-bond acceptors (Lipinski definition) is 5. The lowest BCUT2D eigenvalue weighted by Crippen LogP contribution is -2.30. The standard InChI is InChI=1S/C13H19NO5/c1-4-18-7-10(19-5-2)12-11(13(16)17)9(15)6-8(3)14-12/h10H,4-7H2,1-3H3,(H,16,17). The molecular weight excluding hydrogens is 250 g/mol. The Morgan fingerprint density at radius 1 is 1.42 bits per heavy atom. The second kappa shape index (κ2) is 7.16. The first-order valence-electron chi connectivity index (χ1n) is 6.25. The maximum atomic E-state index is 11.8. The summed E-state index contributed by atoms with van der Waals surface area (Å²) < 4.78 is 10.7. The van der Waals surface area contributed by atoms with Gasteiger partial charge in [-0.3, -0.25) is 9.79 Å². The topological polar surface area (TPSA) is 85.2 Å². The summed E-state index contributed by atoms with van der Waals surface area (Å²) in [6, 6.07) is 0. The van der Waals surface area contributed by atoms with Crippen LogP contribution in [0.4, 0.5) is 0 Å². The molecule has 1 unspecified atom stereocenters. The first kappa shape index (κ1) is 15.5. The highest BCUT2D eigenvalue weighted by Crippen LogP contribution is 2.22. The van der Waals surface area contributed by atoms with Crippen molar-refractivity contribution < 1.29 is 24.2 Å². The Bertz CT molecular complexity index is 425. The molecule has 0 saturated carbocycles. The molecular formula is C13H19NO5. The Kier molecular flexibility index (Phi) is 5.85. The van der Waals surface area contributed by atoms with Crippen molar-refractivity contribution in [2.45, 2.75) is 33.3 Å². The number of carboxylic acids is 1. The molecule has 6 heteroatoms. The van der Waals surface area contributed by atoms with Gasteiger partial charge in [-0.25, -0.2) is 4.79 Å². The molecule has 106 valence electrons. The van der Waals surface area contributed by atoms with Gasteiger partial charge >= 0.3 is 5.97 Å². The van der Waals surface area contributed by atoms with Crippen LogP contribution in [0.3, 0.4) is 0 Å². The zero-order chi connectivity index (χ0) is 14.4. The number of carboxylic acid groups (broad SMARTS) is 1. The number of carbonyl (C=O) groups is 2. The SMILES string of the molecule is CCOCC(OCC)C1=C(C(=O)O)C(=O)CC(C)=N1. The maximum Gasteiger partial charge on any atom is 0.341 e. The summed E-state index contributed by atoms with van der Waals surface area (Å²) in [4.78, 5) is 27.2. The monoisotopic (exact) mass is 269 g/mol. The van der Waals surface area contributed by atoms with E-state index in [9.17, 15) is 9.59 Å². The quantitative estimate of drug-likeness (QED) is 0.702. The van der Waals surface area contributed by atoms with Crippen LogP contribution in [0, 0.1) is 0 Å². The van der Waals surface area contributed by atoms with E-state index in [1.165, 1.54) is 0 Å². The lowest BCUT2D eigenvalue weighted by molar-refractivity contribution is -0.134. The lowest BCUT2D eigenvalue weighted by atomic mass is 9.98. The summed E-state index contributed by atoms with van der Waals surface area (Å²) in [6.45, 7) is 6.37. The van der Waals surface area contributed by atoms with Crippen LogP contribution in [0.2, 0.25) is 0 Å². The van der Waals surface area contributed by atoms with Gasteiger partial charge < -0.3 is 14.6 Å². The van der Waals surface area contributed by atoms with Crippen LogP contribution in [0.1, 0.15) is 27.2 Å². The molecule has 19 heavy (non-hydrogen) atoms. The van der Waals surface area contributed by atoms with Crippen molar-refractivity contribution >= 4 is 17.5 Å². The van der Waals surface area contributed by atoms with E-state index >= 15 is 0 Å². The van der Waals surface area contributed by atoms with Crippen LogP contribution in [0.15, 0.2) is 16.3 Å². The Labute approximate surface area is 112 Å². The Hall–Kier alpha value is -1.53. The van der Waals surface area contributed by atoms with Crippen LogP contribution >= 0.6 is 0 Å². The smallest absolute Gasteiger partial charge is 0.341 e. The van der Waals surface area contributed by atoms with Gasteiger partial charge in [-0.2, -0.15) is 0 Å². The van der Waals surface area contributed by atoms with E-state index < -0.39 is 17.9 Å². The molecule has 0 radical (unpaired) electrons. The average molecular weight is 269 g/mol. The van der Waals surface area contributed by atoms with Gasteiger partial charge in [-0.05, 0) is 20.8 Å². The fourth-order valence-corrected chi connectivity index (χ4v) is 1.86. The van der Waals surface area contributed by atoms with Gasteiger partial charge in [0.25, 0.3) is 0 Å². The molecule has 1 rings (SSSR count). The molecule has 1 N–H and O–H groups in total. The van der Waals surface area contributed by atoms with E-state index in [1.807, 2.05) is 6.92 Å². The highest BCUT2D eigenvalue weighted by atomic mass is 16.5. The summed E-state index contributed by atoms with van der Waals surface area (Å²) in [5.74, 6) is -1.70. The first-order valence-corrected chi connectivity index (χ1v) is 6.25. The molecule has 0 bridgehead atoms. The molecule has 1 atom stereocenters. The van der Waals surface area contributed by atoms with E-state index in [4.69, 9.17) is 14.6 Å². The molecule has 1 aliphatic rings. The van der Waals surface area contributed by atoms with Gasteiger partial charge in [-0.1, -0.05) is 0 Å². The summed E-state index contributed by atoms with van der Waals surface area (Å²) in [5, 5.41) is 9.16. The van der Waals surface area contributed by atoms with Crippen LogP contribution in [0.5, 0.6) is 0 Å². The minimum absolute atomic E-state index is 0.0403. The van der Waals surface area contributed by atoms with Gasteiger partial charge in [0.05, 0.1) is 12.3 Å². The number of hydrogen-bond donors (Lipinski definition) is 1. The first-order chi connectivity index (χ1) is 9.01. The van der Waals surface area contributed by atoms with Gasteiger partial charge in [-0.15, -0.1) is 0 Å². The molecule has 0 saturated heterocycles. The van der Waals surface area contributed by atoms with Crippen molar-refractivity contribution in [1.29, 1.82) is 0 Å². The number of carbonyl (C=O) groups excluding carboxylic acids is 1. The summed E-state index contributed by atoms with van der Waals surface area (Å²) in [6.07, 6.45) is -0.589. The predicted molar refractivity (Wildman–Crippen MR) is 69.3 cm³/mol. The Morgan fingerprint density at radius 2 is 2.11 bits per heavy atom. The molecule has 0 aromatic heterocycles. The van der Waals surface area contributed by atoms with Crippen molar-refractivity contribution in [3.63, 3.8) is 0 Å². The third-order valence-corrected chi connectivity index (χ3v) is 2.62. The summed E-state index contributed by atoms with van der Waals surface area (Å²) in [7, 11) is 0. The number of Topliss-reactive ketones (excluding diaryl/α,β-unsaturated/α-hetero) is 1. The molecule has 0 fully saturated rings. The van der Waals surface area contributed by atoms with E-state index in [0.717, 1.165) is 0 Å². The normalized spacial score (nSPS) is 17.4. The highest BCUT2D eigenvalue weighted by molar-refractivity contribution is 6.24. The van der Waals surface area contributed by atoms with Crippen molar-refractivity contribution in [3.8, 4) is 0 Å². The number of ether oxygens (including phenoxy) is 2. The van der Waals surface area contributed by atoms with Crippen LogP contribution in [-0.2, 0) is 19.1 Å². The van der Waals surface area contributed by atoms with E-state index in [1.54, 1.807) is 13.8 Å². The third kappa shape index (κ3) is 3.97. The van der Waals surface area contributed by atoms with Gasteiger partial charge in [0.2, 0.25) is 0 Å². The van der Waals surface area contributed by atoms with Crippen LogP contribution in [-0.4, -0.2) is 48.5 Å². The molecule has 0 aromatic carbocycles. The molecule has 1 heterocycles. The lowest BCUT2D eigenvalue weighted by Gasteiger charge is -2.22. The number of aliphatic carboxylic acids is 1. The largest absolute Gasteiger partial charge is 0.477 e. The number of aliphatic imine (C=N–C) groups is 1. The van der Waals surface area contributed by atoms with Gasteiger partial charge in [0.15, 0.2) is 5.78 Å². The number of nitrogens with zero attached hydrogens (tertiary/aromatic N) is 1. The highest BCUT2D eigenvalue weighted by Gasteiger charge is 2.31. The molecule has 0 aliphatic carbocycles. The maximum absolute atomic E-state index is 11.8. The third-order valence-electron chi connectivity index (χ3n) is 2.62. The van der Waals surface area contributed by atoms with Crippen LogP contribution < -0.4 is 0 Å². The molecule has 0 amide bonds. The van der Waals surface area contributed by atoms with Crippen molar-refractivity contribution in [2.24, 2.45) is 4.99 Å². The zero-order valence-corrected chi connectivity index (χ0v) is 11.4. The minimum atomic E-state index is -1.27. The fraction of sp³-hybridized carbons (Fsp3) is 0.615. The van der Waals surface area contributed by atoms with Crippen molar-refractivity contribution in [3.05, 3.63) is 11.3 Å². The van der Waals surface area contributed by atoms with E-state index in [0.29, 0.717) is 18.9 Å². The van der Waals surface area contributed by atoms with Crippen molar-refractivity contribution in [1.82, 2.24) is 0 Å². The summed E-state index contributed by atoms with van der Waals surface area (Å²) in [5.41, 5.74) is 0.464. The van der Waals surface area contributed by atoms with E-state index in [-0.39, 0.29) is 24.3 Å². The number of ketones is 1. The zero-order valence-electron chi connectivity index (χ0n) is 11.4. The molecule has 0 spiro atoms. The van der Waals surface area contributed by atoms with Gasteiger partial charge in [0, 0.05) is 25.3 Å². The second-order valence-electron chi connectivity index (χ2n) is 4.12. The predicted octanol–water partition coefficient (Wildman–Crippen LogP) is 1.20. The summed E-state index contributed by atoms with van der Waals surface area (Å²) >= 11 is 0. The molecule has 1 aliphatic heterocycles. The van der Waals surface area contributed by atoms with Crippen LogP contribution in [0.25, 0.3) is 0 Å². The average Bonchev–Trinajstić information content (AvgIpc) is 2.32. The van der Waals surface area contributed by atoms with E-state index in [2.05, 4.69) is 4.99 Å². The minimum Gasteiger partial charge on any atom is -0.477 e. The fourth-order valence-electron chi connectivity index (χ4n) is 1.86. The second-order valence-corrected chi connectivity index (χ2v) is 4.12. The number of rotatable bonds is 7. The molecule has 0 aromatic rings. The van der Waals surface area contributed by atoms with Gasteiger partial charge in [0.1, 0.15) is 11.7 Å². The Balaban J connectivity index is 3.15. The van der Waals surface area contributed by atoms with Crippen molar-refractivity contribution in [2.75, 3.05) is 19.8 Å². The Morgan fingerprint density at radius 3 is 2.63 bits per heavy atom. The molecule has 6 nitrogen and oxygen atoms in total.